The lowest BCUT2D eigenvalue weighted by Crippen LogP contribution is -2.15. The van der Waals surface area contributed by atoms with E-state index < -0.39 is 17.9 Å². The Hall–Kier alpha value is -2.63. The summed E-state index contributed by atoms with van der Waals surface area (Å²) in [5, 5.41) is 0. The van der Waals surface area contributed by atoms with E-state index in [-0.39, 0.29) is 16.9 Å². The molecule has 2 rings (SSSR count). The van der Waals surface area contributed by atoms with Gasteiger partial charge in [-0.25, -0.2) is 9.18 Å². The van der Waals surface area contributed by atoms with Gasteiger partial charge in [0.15, 0.2) is 11.6 Å². The molecule has 1 heterocycles. The molecule has 0 aliphatic carbocycles. The molecule has 1 unspecified atom stereocenters. The molecule has 0 saturated heterocycles. The Labute approximate surface area is 133 Å². The van der Waals surface area contributed by atoms with E-state index in [4.69, 9.17) is 9.47 Å². The summed E-state index contributed by atoms with van der Waals surface area (Å²) in [5.41, 5.74) is 0.954. The van der Waals surface area contributed by atoms with Gasteiger partial charge in [-0.3, -0.25) is 4.79 Å². The van der Waals surface area contributed by atoms with E-state index in [1.165, 1.54) is 25.3 Å². The number of nitrogens with one attached hydrogen (secondary N) is 1. The lowest BCUT2D eigenvalue weighted by atomic mass is 10.1. The number of benzene rings is 1. The number of halogens is 1. The summed E-state index contributed by atoms with van der Waals surface area (Å²) in [7, 11) is 1.37. The van der Waals surface area contributed by atoms with Gasteiger partial charge in [-0.1, -0.05) is 13.0 Å². The van der Waals surface area contributed by atoms with Crippen molar-refractivity contribution in [3.8, 4) is 5.75 Å². The van der Waals surface area contributed by atoms with Crippen LogP contribution in [0.25, 0.3) is 0 Å². The van der Waals surface area contributed by atoms with Gasteiger partial charge in [0.25, 0.3) is 0 Å². The molecule has 5 nitrogen and oxygen atoms in total. The lowest BCUT2D eigenvalue weighted by Gasteiger charge is -2.14. The maximum atomic E-state index is 13.7. The third-order valence-electron chi connectivity index (χ3n) is 3.45. The van der Waals surface area contributed by atoms with Gasteiger partial charge >= 0.3 is 5.97 Å². The van der Waals surface area contributed by atoms with Crippen LogP contribution in [0.1, 0.15) is 41.6 Å². The number of carbonyl (C=O) groups excluding carboxylic acids is 1. The number of hydrogen-bond donors (Lipinski definition) is 1. The third kappa shape index (κ3) is 3.97. The molecule has 0 spiro atoms. The fourth-order valence-electron chi connectivity index (χ4n) is 2.14. The molecule has 0 amide bonds. The summed E-state index contributed by atoms with van der Waals surface area (Å²) < 4.78 is 23.9. The number of aryl methyl sites for hydroxylation is 1. The predicted octanol–water partition coefficient (Wildman–Crippen LogP) is 3.00. The van der Waals surface area contributed by atoms with Gasteiger partial charge < -0.3 is 14.5 Å². The minimum Gasteiger partial charge on any atom is -0.494 e. The van der Waals surface area contributed by atoms with Crippen molar-refractivity contribution >= 4 is 5.97 Å². The molecule has 122 valence electrons. The molecule has 0 aliphatic heterocycles. The third-order valence-corrected chi connectivity index (χ3v) is 3.45. The van der Waals surface area contributed by atoms with Gasteiger partial charge in [0.05, 0.1) is 12.7 Å². The lowest BCUT2D eigenvalue weighted by molar-refractivity contribution is 0.0336. The van der Waals surface area contributed by atoms with Crippen molar-refractivity contribution in [3.63, 3.8) is 0 Å². The highest BCUT2D eigenvalue weighted by molar-refractivity contribution is 5.89. The number of aromatic amines is 1. The summed E-state index contributed by atoms with van der Waals surface area (Å²) in [6.45, 7) is 3.50. The first-order valence-electron chi connectivity index (χ1n) is 7.22. The number of pyridine rings is 1. The van der Waals surface area contributed by atoms with Crippen molar-refractivity contribution in [1.82, 2.24) is 4.98 Å². The van der Waals surface area contributed by atoms with E-state index in [0.717, 1.165) is 0 Å². The predicted molar refractivity (Wildman–Crippen MR) is 83.2 cm³/mol. The molecular weight excluding hydrogens is 301 g/mol. The molecule has 0 aliphatic rings. The minimum atomic E-state index is -0.660. The molecule has 0 bridgehead atoms. The maximum absolute atomic E-state index is 13.7. The highest BCUT2D eigenvalue weighted by Gasteiger charge is 2.16. The van der Waals surface area contributed by atoms with E-state index in [1.54, 1.807) is 19.1 Å². The summed E-state index contributed by atoms with van der Waals surface area (Å²) in [6, 6.07) is 7.10. The van der Waals surface area contributed by atoms with Crippen molar-refractivity contribution in [1.29, 1.82) is 0 Å². The molecule has 1 atom stereocenters. The van der Waals surface area contributed by atoms with Gasteiger partial charge in [-0.15, -0.1) is 0 Å². The summed E-state index contributed by atoms with van der Waals surface area (Å²) in [6.07, 6.45) is -0.0671. The van der Waals surface area contributed by atoms with Crippen LogP contribution in [-0.2, 0) is 11.2 Å². The average molecular weight is 319 g/mol. The maximum Gasteiger partial charge on any atom is 0.338 e. The molecule has 2 aromatic rings. The molecule has 6 heteroatoms. The van der Waals surface area contributed by atoms with Crippen LogP contribution in [0, 0.1) is 5.82 Å². The SMILES string of the molecule is CCc1cc(C(=O)OC(C)c2ccc(OC)c(F)c2)cc(=O)[nH]1. The molecule has 0 radical (unpaired) electrons. The topological polar surface area (TPSA) is 68.4 Å². The van der Waals surface area contributed by atoms with Crippen LogP contribution in [0.15, 0.2) is 35.1 Å². The van der Waals surface area contributed by atoms with Crippen molar-refractivity contribution in [3.05, 3.63) is 63.3 Å². The minimum absolute atomic E-state index is 0.120. The first-order chi connectivity index (χ1) is 10.9. The zero-order chi connectivity index (χ0) is 17.0. The molecule has 1 aromatic carbocycles. The normalized spacial score (nSPS) is 11.8. The fourth-order valence-corrected chi connectivity index (χ4v) is 2.14. The number of carbonyl (C=O) groups is 1. The molecule has 0 saturated carbocycles. The van der Waals surface area contributed by atoms with Crippen LogP contribution < -0.4 is 10.3 Å². The van der Waals surface area contributed by atoms with Gasteiger partial charge in [0.1, 0.15) is 6.10 Å². The van der Waals surface area contributed by atoms with E-state index in [1.807, 2.05) is 6.92 Å². The number of esters is 1. The number of methoxy groups -OCH3 is 1. The van der Waals surface area contributed by atoms with Crippen LogP contribution in [0.5, 0.6) is 5.75 Å². The second-order valence-corrected chi connectivity index (χ2v) is 5.05. The zero-order valence-corrected chi connectivity index (χ0v) is 13.2. The average Bonchev–Trinajstić information content (AvgIpc) is 2.53. The monoisotopic (exact) mass is 319 g/mol. The second kappa shape index (κ2) is 7.09. The van der Waals surface area contributed by atoms with Gasteiger partial charge in [-0.2, -0.15) is 0 Å². The van der Waals surface area contributed by atoms with E-state index in [9.17, 15) is 14.0 Å². The number of rotatable bonds is 5. The highest BCUT2D eigenvalue weighted by atomic mass is 19.1. The second-order valence-electron chi connectivity index (χ2n) is 5.05. The van der Waals surface area contributed by atoms with Gasteiger partial charge in [0, 0.05) is 11.8 Å². The Bertz CT molecular complexity index is 769. The molecule has 1 N–H and O–H groups in total. The molecule has 23 heavy (non-hydrogen) atoms. The van der Waals surface area contributed by atoms with Gasteiger partial charge in [0.2, 0.25) is 5.56 Å². The number of aromatic nitrogens is 1. The van der Waals surface area contributed by atoms with Crippen LogP contribution in [0.2, 0.25) is 0 Å². The van der Waals surface area contributed by atoms with Gasteiger partial charge in [-0.05, 0) is 37.1 Å². The van der Waals surface area contributed by atoms with E-state index >= 15 is 0 Å². The standard InChI is InChI=1S/C17H18FNO4/c1-4-13-7-12(9-16(20)19-13)17(21)23-10(2)11-5-6-15(22-3)14(18)8-11/h5-10H,4H2,1-3H3,(H,19,20). The van der Waals surface area contributed by atoms with Crippen molar-refractivity contribution < 1.29 is 18.7 Å². The largest absolute Gasteiger partial charge is 0.494 e. The molecule has 0 fully saturated rings. The zero-order valence-electron chi connectivity index (χ0n) is 13.2. The first-order valence-corrected chi connectivity index (χ1v) is 7.22. The van der Waals surface area contributed by atoms with Crippen LogP contribution in [-0.4, -0.2) is 18.1 Å². The highest BCUT2D eigenvalue weighted by Crippen LogP contribution is 2.24. The van der Waals surface area contributed by atoms with Crippen LogP contribution in [0.4, 0.5) is 4.39 Å². The Balaban J connectivity index is 2.18. The smallest absolute Gasteiger partial charge is 0.338 e. The number of ether oxygens (including phenoxy) is 2. The fraction of sp³-hybridized carbons (Fsp3) is 0.294. The summed E-state index contributed by atoms with van der Waals surface area (Å²) in [4.78, 5) is 26.3. The van der Waals surface area contributed by atoms with Crippen molar-refractivity contribution in [2.24, 2.45) is 0 Å². The van der Waals surface area contributed by atoms with Crippen LogP contribution >= 0.6 is 0 Å². The first kappa shape index (κ1) is 16.7. The van der Waals surface area contributed by atoms with Crippen LogP contribution in [0.3, 0.4) is 0 Å². The molecular formula is C17H18FNO4. The van der Waals surface area contributed by atoms with E-state index in [0.29, 0.717) is 17.7 Å². The Kier molecular flexibility index (Phi) is 5.16. The molecule has 1 aromatic heterocycles. The number of hydrogen-bond acceptors (Lipinski definition) is 4. The number of H-pyrrole nitrogens is 1. The summed E-state index contributed by atoms with van der Waals surface area (Å²) in [5.74, 6) is -1.04. The van der Waals surface area contributed by atoms with E-state index in [2.05, 4.69) is 4.98 Å². The van der Waals surface area contributed by atoms with Crippen molar-refractivity contribution in [2.75, 3.05) is 7.11 Å². The Morgan fingerprint density at radius 2 is 2.04 bits per heavy atom. The van der Waals surface area contributed by atoms with Crippen molar-refractivity contribution in [2.45, 2.75) is 26.4 Å². The Morgan fingerprint density at radius 3 is 2.65 bits per heavy atom. The Morgan fingerprint density at radius 1 is 1.30 bits per heavy atom. The quantitative estimate of drug-likeness (QED) is 0.860. The summed E-state index contributed by atoms with van der Waals surface area (Å²) >= 11 is 0.